The fourth-order valence-electron chi connectivity index (χ4n) is 1.99. The molecule has 1 heterocycles. The zero-order chi connectivity index (χ0) is 15.2. The summed E-state index contributed by atoms with van der Waals surface area (Å²) in [6, 6.07) is 8.31. The van der Waals surface area contributed by atoms with Crippen LogP contribution in [0.25, 0.3) is 0 Å². The summed E-state index contributed by atoms with van der Waals surface area (Å²) in [4.78, 5) is 22.0. The Labute approximate surface area is 125 Å². The van der Waals surface area contributed by atoms with E-state index in [2.05, 4.69) is 44.5 Å². The molecule has 0 saturated heterocycles. The molecule has 0 spiro atoms. The van der Waals surface area contributed by atoms with Gasteiger partial charge in [0.15, 0.2) is 0 Å². The van der Waals surface area contributed by atoms with Gasteiger partial charge in [-0.3, -0.25) is 4.79 Å². The fourth-order valence-corrected chi connectivity index (χ4v) is 1.99. The molecular weight excluding hydrogens is 264 g/mol. The van der Waals surface area contributed by atoms with E-state index in [9.17, 15) is 4.79 Å². The monoisotopic (exact) mass is 284 g/mol. The van der Waals surface area contributed by atoms with Crippen molar-refractivity contribution in [1.82, 2.24) is 15.3 Å². The number of anilines is 1. The summed E-state index contributed by atoms with van der Waals surface area (Å²) in [5.74, 6) is -0.127. The average molecular weight is 284 g/mol. The molecule has 0 aliphatic carbocycles. The highest BCUT2D eigenvalue weighted by atomic mass is 16.1. The number of carbonyl (C=O) groups excluding carboxylic acids is 1. The van der Waals surface area contributed by atoms with Gasteiger partial charge < -0.3 is 10.2 Å². The van der Waals surface area contributed by atoms with Crippen molar-refractivity contribution in [2.45, 2.75) is 13.3 Å². The molecule has 2 rings (SSSR count). The molecule has 2 aromatic rings. The molecule has 0 saturated carbocycles. The molecule has 1 N–H and O–H groups in total. The van der Waals surface area contributed by atoms with Gasteiger partial charge in [0.25, 0.3) is 5.91 Å². The second-order valence-corrected chi connectivity index (χ2v) is 5.09. The number of nitrogens with one attached hydrogen (secondary N) is 1. The van der Waals surface area contributed by atoms with Crippen molar-refractivity contribution in [3.05, 3.63) is 53.6 Å². The summed E-state index contributed by atoms with van der Waals surface area (Å²) < 4.78 is 0. The topological polar surface area (TPSA) is 58.1 Å². The first-order valence-corrected chi connectivity index (χ1v) is 6.89. The molecule has 1 amide bonds. The Balaban J connectivity index is 1.87. The molecule has 0 bridgehead atoms. The molecule has 110 valence electrons. The van der Waals surface area contributed by atoms with Crippen LogP contribution >= 0.6 is 0 Å². The number of amides is 1. The van der Waals surface area contributed by atoms with Crippen LogP contribution in [0.4, 0.5) is 5.69 Å². The third kappa shape index (κ3) is 4.02. The van der Waals surface area contributed by atoms with Gasteiger partial charge in [0, 0.05) is 32.5 Å². The molecule has 5 nitrogen and oxygen atoms in total. The second-order valence-electron chi connectivity index (χ2n) is 5.09. The van der Waals surface area contributed by atoms with E-state index in [1.54, 1.807) is 13.1 Å². The van der Waals surface area contributed by atoms with Gasteiger partial charge in [0.2, 0.25) is 0 Å². The fraction of sp³-hybridized carbons (Fsp3) is 0.312. The minimum Gasteiger partial charge on any atom is -0.378 e. The summed E-state index contributed by atoms with van der Waals surface area (Å²) in [5.41, 5.74) is 3.58. The number of aryl methyl sites for hydroxylation is 1. The van der Waals surface area contributed by atoms with E-state index in [0.717, 1.165) is 6.42 Å². The average Bonchev–Trinajstić information content (AvgIpc) is 2.48. The van der Waals surface area contributed by atoms with Crippen molar-refractivity contribution < 1.29 is 4.79 Å². The van der Waals surface area contributed by atoms with Gasteiger partial charge in [-0.05, 0) is 31.0 Å². The van der Waals surface area contributed by atoms with Crippen LogP contribution in [0.15, 0.2) is 36.8 Å². The maximum atomic E-state index is 12.0. The molecule has 0 radical (unpaired) electrons. The number of nitrogens with zero attached hydrogens (tertiary/aromatic N) is 3. The number of hydrogen-bond acceptors (Lipinski definition) is 4. The quantitative estimate of drug-likeness (QED) is 0.910. The Hall–Kier alpha value is -2.43. The first kappa shape index (κ1) is 15.0. The number of benzene rings is 1. The molecule has 0 unspecified atom stereocenters. The lowest BCUT2D eigenvalue weighted by atomic mass is 10.1. The molecule has 5 heteroatoms. The lowest BCUT2D eigenvalue weighted by molar-refractivity contribution is 0.0952. The third-order valence-corrected chi connectivity index (χ3v) is 3.31. The van der Waals surface area contributed by atoms with Gasteiger partial charge in [-0.2, -0.15) is 0 Å². The minimum atomic E-state index is -0.127. The van der Waals surface area contributed by atoms with E-state index in [4.69, 9.17) is 0 Å². The van der Waals surface area contributed by atoms with Crippen molar-refractivity contribution in [3.63, 3.8) is 0 Å². The van der Waals surface area contributed by atoms with Gasteiger partial charge in [0.1, 0.15) is 6.33 Å². The predicted molar refractivity (Wildman–Crippen MR) is 83.6 cm³/mol. The van der Waals surface area contributed by atoms with Crippen molar-refractivity contribution in [1.29, 1.82) is 0 Å². The number of aromatic nitrogens is 2. The number of carbonyl (C=O) groups is 1. The zero-order valence-electron chi connectivity index (χ0n) is 12.6. The first-order chi connectivity index (χ1) is 10.1. The molecular formula is C16H20N4O. The molecule has 1 aromatic carbocycles. The van der Waals surface area contributed by atoms with Gasteiger partial charge in [-0.25, -0.2) is 9.97 Å². The Morgan fingerprint density at radius 3 is 2.57 bits per heavy atom. The van der Waals surface area contributed by atoms with Crippen LogP contribution in [-0.2, 0) is 6.42 Å². The second kappa shape index (κ2) is 6.83. The van der Waals surface area contributed by atoms with Crippen LogP contribution in [0.5, 0.6) is 0 Å². The standard InChI is InChI=1S/C16H20N4O/c1-12-15(10-17-11-19-12)16(21)18-9-8-13-4-6-14(7-5-13)20(2)3/h4-7,10-11H,8-9H2,1-3H3,(H,18,21). The highest BCUT2D eigenvalue weighted by molar-refractivity contribution is 5.94. The third-order valence-electron chi connectivity index (χ3n) is 3.31. The van der Waals surface area contributed by atoms with Crippen LogP contribution < -0.4 is 10.2 Å². The summed E-state index contributed by atoms with van der Waals surface area (Å²) in [6.07, 6.45) is 3.79. The highest BCUT2D eigenvalue weighted by Gasteiger charge is 2.08. The van der Waals surface area contributed by atoms with Gasteiger partial charge in [0.05, 0.1) is 11.3 Å². The maximum absolute atomic E-state index is 12.0. The summed E-state index contributed by atoms with van der Waals surface area (Å²) in [6.45, 7) is 2.39. The van der Waals surface area contributed by atoms with Crippen LogP contribution in [0.1, 0.15) is 21.6 Å². The number of hydrogen-bond donors (Lipinski definition) is 1. The van der Waals surface area contributed by atoms with Crippen LogP contribution in [-0.4, -0.2) is 36.5 Å². The highest BCUT2D eigenvalue weighted by Crippen LogP contribution is 2.12. The van der Waals surface area contributed by atoms with Crippen molar-refractivity contribution in [2.75, 3.05) is 25.5 Å². The zero-order valence-corrected chi connectivity index (χ0v) is 12.6. The Bertz CT molecular complexity index is 608. The van der Waals surface area contributed by atoms with E-state index in [1.165, 1.54) is 17.6 Å². The van der Waals surface area contributed by atoms with E-state index < -0.39 is 0 Å². The molecule has 0 fully saturated rings. The van der Waals surface area contributed by atoms with E-state index in [1.807, 2.05) is 14.1 Å². The van der Waals surface area contributed by atoms with E-state index in [0.29, 0.717) is 17.8 Å². The van der Waals surface area contributed by atoms with Crippen LogP contribution in [0.2, 0.25) is 0 Å². The summed E-state index contributed by atoms with van der Waals surface area (Å²) in [7, 11) is 4.03. The largest absolute Gasteiger partial charge is 0.378 e. The van der Waals surface area contributed by atoms with E-state index in [-0.39, 0.29) is 5.91 Å². The van der Waals surface area contributed by atoms with Gasteiger partial charge >= 0.3 is 0 Å². The summed E-state index contributed by atoms with van der Waals surface area (Å²) >= 11 is 0. The van der Waals surface area contributed by atoms with Crippen LogP contribution in [0, 0.1) is 6.92 Å². The molecule has 0 aliphatic rings. The van der Waals surface area contributed by atoms with Crippen molar-refractivity contribution in [3.8, 4) is 0 Å². The maximum Gasteiger partial charge on any atom is 0.254 e. The Morgan fingerprint density at radius 2 is 1.95 bits per heavy atom. The van der Waals surface area contributed by atoms with E-state index >= 15 is 0 Å². The minimum absolute atomic E-state index is 0.127. The molecule has 21 heavy (non-hydrogen) atoms. The first-order valence-electron chi connectivity index (χ1n) is 6.89. The van der Waals surface area contributed by atoms with Gasteiger partial charge in [-0.15, -0.1) is 0 Å². The normalized spacial score (nSPS) is 10.2. The van der Waals surface area contributed by atoms with Crippen molar-refractivity contribution in [2.24, 2.45) is 0 Å². The Kier molecular flexibility index (Phi) is 4.87. The van der Waals surface area contributed by atoms with Crippen molar-refractivity contribution >= 4 is 11.6 Å². The molecule has 1 aromatic heterocycles. The van der Waals surface area contributed by atoms with Gasteiger partial charge in [-0.1, -0.05) is 12.1 Å². The molecule has 0 atom stereocenters. The summed E-state index contributed by atoms with van der Waals surface area (Å²) in [5, 5.41) is 2.90. The number of rotatable bonds is 5. The smallest absolute Gasteiger partial charge is 0.254 e. The lowest BCUT2D eigenvalue weighted by Crippen LogP contribution is -2.26. The predicted octanol–water partition coefficient (Wildman–Crippen LogP) is 1.82. The Morgan fingerprint density at radius 1 is 1.24 bits per heavy atom. The molecule has 0 aliphatic heterocycles. The van der Waals surface area contributed by atoms with Crippen LogP contribution in [0.3, 0.4) is 0 Å². The lowest BCUT2D eigenvalue weighted by Gasteiger charge is -2.12. The SMILES string of the molecule is Cc1ncncc1C(=O)NCCc1ccc(N(C)C)cc1.